The third kappa shape index (κ3) is 4.17. The van der Waals surface area contributed by atoms with Gasteiger partial charge in [0.15, 0.2) is 0 Å². The van der Waals surface area contributed by atoms with Gasteiger partial charge in [-0.05, 0) is 63.5 Å². The Labute approximate surface area is 118 Å². The fraction of sp³-hybridized carbons (Fsp3) is 1.00. The van der Waals surface area contributed by atoms with Crippen LogP contribution in [0.2, 0.25) is 0 Å². The third-order valence-corrected chi connectivity index (χ3v) is 5.12. The lowest BCUT2D eigenvalue weighted by molar-refractivity contribution is 0.141. The Bertz CT molecular complexity index is 278. The highest BCUT2D eigenvalue weighted by Crippen LogP contribution is 2.37. The van der Waals surface area contributed by atoms with Gasteiger partial charge in [0.05, 0.1) is 6.61 Å². The molecule has 0 saturated heterocycles. The Morgan fingerprint density at radius 3 is 2.58 bits per heavy atom. The van der Waals surface area contributed by atoms with Crippen LogP contribution in [0.5, 0.6) is 0 Å². The van der Waals surface area contributed by atoms with Gasteiger partial charge in [-0.15, -0.1) is 0 Å². The minimum Gasteiger partial charge on any atom is -0.394 e. The Hall–Kier alpha value is -0.120. The van der Waals surface area contributed by atoms with Crippen molar-refractivity contribution in [1.29, 1.82) is 0 Å². The molecule has 2 unspecified atom stereocenters. The second-order valence-corrected chi connectivity index (χ2v) is 7.22. The molecule has 2 aliphatic carbocycles. The number of nitrogens with zero attached hydrogens (tertiary/aromatic N) is 1. The molecule has 0 amide bonds. The van der Waals surface area contributed by atoms with E-state index in [4.69, 9.17) is 5.73 Å². The molecule has 0 aromatic heterocycles. The monoisotopic (exact) mass is 268 g/mol. The van der Waals surface area contributed by atoms with Crippen LogP contribution in [-0.4, -0.2) is 41.3 Å². The molecule has 3 nitrogen and oxygen atoms in total. The SMILES string of the molecule is CC(C)CCN(CCC1CCCC1(N)CO)C1CC1. The van der Waals surface area contributed by atoms with Crippen molar-refractivity contribution in [3.63, 3.8) is 0 Å². The first-order chi connectivity index (χ1) is 9.05. The van der Waals surface area contributed by atoms with E-state index in [1.807, 2.05) is 0 Å². The van der Waals surface area contributed by atoms with Crippen LogP contribution in [-0.2, 0) is 0 Å². The maximum atomic E-state index is 9.52. The van der Waals surface area contributed by atoms with Gasteiger partial charge in [0, 0.05) is 11.6 Å². The largest absolute Gasteiger partial charge is 0.394 e. The van der Waals surface area contributed by atoms with Crippen molar-refractivity contribution in [2.45, 2.75) is 70.4 Å². The molecule has 0 aliphatic heterocycles. The van der Waals surface area contributed by atoms with Crippen LogP contribution in [0.25, 0.3) is 0 Å². The summed E-state index contributed by atoms with van der Waals surface area (Å²) in [4.78, 5) is 2.68. The number of rotatable bonds is 8. The zero-order valence-corrected chi connectivity index (χ0v) is 12.8. The number of nitrogens with two attached hydrogens (primary N) is 1. The van der Waals surface area contributed by atoms with Crippen LogP contribution in [0.1, 0.15) is 58.8 Å². The first-order valence-electron chi connectivity index (χ1n) is 8.19. The summed E-state index contributed by atoms with van der Waals surface area (Å²) in [5, 5.41) is 9.52. The molecule has 0 bridgehead atoms. The quantitative estimate of drug-likeness (QED) is 0.710. The fourth-order valence-corrected chi connectivity index (χ4v) is 3.47. The van der Waals surface area contributed by atoms with E-state index in [0.29, 0.717) is 5.92 Å². The van der Waals surface area contributed by atoms with Gasteiger partial charge in [0.2, 0.25) is 0 Å². The standard InChI is InChI=1S/C16H32N2O/c1-13(2)7-10-18(15-5-6-15)11-8-14-4-3-9-16(14,17)12-19/h13-15,19H,3-12,17H2,1-2H3. The van der Waals surface area contributed by atoms with Gasteiger partial charge in [-0.2, -0.15) is 0 Å². The summed E-state index contributed by atoms with van der Waals surface area (Å²) in [5.41, 5.74) is 6.05. The highest BCUT2D eigenvalue weighted by molar-refractivity contribution is 4.97. The van der Waals surface area contributed by atoms with Crippen molar-refractivity contribution in [2.75, 3.05) is 19.7 Å². The molecule has 0 spiro atoms. The highest BCUT2D eigenvalue weighted by atomic mass is 16.3. The van der Waals surface area contributed by atoms with Crippen LogP contribution >= 0.6 is 0 Å². The lowest BCUT2D eigenvalue weighted by Crippen LogP contribution is -2.48. The van der Waals surface area contributed by atoms with Crippen molar-refractivity contribution >= 4 is 0 Å². The topological polar surface area (TPSA) is 49.5 Å². The summed E-state index contributed by atoms with van der Waals surface area (Å²) in [5.74, 6) is 1.32. The predicted molar refractivity (Wildman–Crippen MR) is 80.0 cm³/mol. The Balaban J connectivity index is 1.78. The molecule has 2 rings (SSSR count). The molecule has 112 valence electrons. The van der Waals surface area contributed by atoms with E-state index in [1.165, 1.54) is 51.6 Å². The first kappa shape index (κ1) is 15.3. The Morgan fingerprint density at radius 1 is 1.26 bits per heavy atom. The third-order valence-electron chi connectivity index (χ3n) is 5.12. The molecule has 0 aromatic carbocycles. The normalized spacial score (nSPS) is 31.6. The summed E-state index contributed by atoms with van der Waals surface area (Å²) in [7, 11) is 0. The predicted octanol–water partition coefficient (Wildman–Crippen LogP) is 2.38. The van der Waals surface area contributed by atoms with Crippen LogP contribution in [0, 0.1) is 11.8 Å². The van der Waals surface area contributed by atoms with Gasteiger partial charge in [0.1, 0.15) is 0 Å². The first-order valence-corrected chi connectivity index (χ1v) is 8.19. The van der Waals surface area contributed by atoms with Crippen LogP contribution in [0.15, 0.2) is 0 Å². The second-order valence-electron chi connectivity index (χ2n) is 7.22. The molecular weight excluding hydrogens is 236 g/mol. The van der Waals surface area contributed by atoms with Crippen LogP contribution in [0.3, 0.4) is 0 Å². The Morgan fingerprint density at radius 2 is 2.00 bits per heavy atom. The average molecular weight is 268 g/mol. The van der Waals surface area contributed by atoms with Gasteiger partial charge in [-0.25, -0.2) is 0 Å². The number of hydrogen-bond donors (Lipinski definition) is 2. The van der Waals surface area contributed by atoms with Crippen molar-refractivity contribution in [1.82, 2.24) is 4.90 Å². The summed E-state index contributed by atoms with van der Waals surface area (Å²) >= 11 is 0. The minimum absolute atomic E-state index is 0.160. The minimum atomic E-state index is -0.284. The van der Waals surface area contributed by atoms with Crippen molar-refractivity contribution < 1.29 is 5.11 Å². The number of aliphatic hydroxyl groups is 1. The number of hydrogen-bond acceptors (Lipinski definition) is 3. The molecule has 2 atom stereocenters. The zero-order valence-electron chi connectivity index (χ0n) is 12.8. The molecular formula is C16H32N2O. The maximum Gasteiger partial charge on any atom is 0.0613 e. The molecule has 0 heterocycles. The van der Waals surface area contributed by atoms with Crippen molar-refractivity contribution in [2.24, 2.45) is 17.6 Å². The van der Waals surface area contributed by atoms with Crippen molar-refractivity contribution in [3.8, 4) is 0 Å². The summed E-state index contributed by atoms with van der Waals surface area (Å²) in [6.07, 6.45) is 8.65. The maximum absolute atomic E-state index is 9.52. The van der Waals surface area contributed by atoms with Gasteiger partial charge >= 0.3 is 0 Å². The van der Waals surface area contributed by atoms with E-state index in [2.05, 4.69) is 18.7 Å². The zero-order chi connectivity index (χ0) is 13.9. The summed E-state index contributed by atoms with van der Waals surface area (Å²) in [6, 6.07) is 0.849. The van der Waals surface area contributed by atoms with E-state index >= 15 is 0 Å². The van der Waals surface area contributed by atoms with Gasteiger partial charge in [0.25, 0.3) is 0 Å². The second kappa shape index (κ2) is 6.55. The van der Waals surface area contributed by atoms with Crippen LogP contribution in [0.4, 0.5) is 0 Å². The summed E-state index contributed by atoms with van der Waals surface area (Å²) in [6.45, 7) is 7.19. The van der Waals surface area contributed by atoms with Gasteiger partial charge in [-0.3, -0.25) is 0 Å². The smallest absolute Gasteiger partial charge is 0.0613 e. The van der Waals surface area contributed by atoms with Crippen molar-refractivity contribution in [3.05, 3.63) is 0 Å². The molecule has 19 heavy (non-hydrogen) atoms. The molecule has 0 radical (unpaired) electrons. The van der Waals surface area contributed by atoms with E-state index < -0.39 is 0 Å². The van der Waals surface area contributed by atoms with E-state index in [-0.39, 0.29) is 12.1 Å². The lowest BCUT2D eigenvalue weighted by atomic mass is 9.86. The number of aliphatic hydroxyl groups excluding tert-OH is 1. The fourth-order valence-electron chi connectivity index (χ4n) is 3.47. The highest BCUT2D eigenvalue weighted by Gasteiger charge is 2.39. The molecule has 2 saturated carbocycles. The molecule has 2 aliphatic rings. The molecule has 3 heteroatoms. The molecule has 0 aromatic rings. The van der Waals surface area contributed by atoms with E-state index in [0.717, 1.165) is 18.4 Å². The Kier molecular flexibility index (Phi) is 5.27. The van der Waals surface area contributed by atoms with Gasteiger partial charge < -0.3 is 15.7 Å². The molecule has 3 N–H and O–H groups in total. The molecule has 2 fully saturated rings. The van der Waals surface area contributed by atoms with E-state index in [9.17, 15) is 5.11 Å². The van der Waals surface area contributed by atoms with E-state index in [1.54, 1.807) is 0 Å². The summed E-state index contributed by atoms with van der Waals surface area (Å²) < 4.78 is 0. The van der Waals surface area contributed by atoms with Crippen LogP contribution < -0.4 is 5.73 Å². The average Bonchev–Trinajstić information content (AvgIpc) is 3.14. The van der Waals surface area contributed by atoms with Gasteiger partial charge in [-0.1, -0.05) is 20.3 Å². The lowest BCUT2D eigenvalue weighted by Gasteiger charge is -2.32.